The molecule has 5 heteroatoms. The summed E-state index contributed by atoms with van der Waals surface area (Å²) in [5, 5.41) is 3.33. The van der Waals surface area contributed by atoms with Crippen molar-refractivity contribution < 1.29 is 4.79 Å². The van der Waals surface area contributed by atoms with E-state index in [-0.39, 0.29) is 11.9 Å². The number of carbonyl (C=O) groups is 1. The molecule has 2 aliphatic heterocycles. The summed E-state index contributed by atoms with van der Waals surface area (Å²) in [7, 11) is 0. The minimum Gasteiger partial charge on any atom is -0.308 e. The summed E-state index contributed by atoms with van der Waals surface area (Å²) in [4.78, 5) is 19.1. The van der Waals surface area contributed by atoms with E-state index in [2.05, 4.69) is 20.9 Å². The number of rotatable bonds is 1. The van der Waals surface area contributed by atoms with Crippen molar-refractivity contribution in [1.82, 2.24) is 14.9 Å². The number of piperidine rings is 1. The van der Waals surface area contributed by atoms with Crippen molar-refractivity contribution in [3.8, 4) is 0 Å². The zero-order valence-electron chi connectivity index (χ0n) is 11.4. The molecule has 1 saturated heterocycles. The van der Waals surface area contributed by atoms with E-state index in [1.54, 1.807) is 0 Å². The van der Waals surface area contributed by atoms with Gasteiger partial charge in [0.25, 0.3) is 0 Å². The molecule has 1 unspecified atom stereocenters. The summed E-state index contributed by atoms with van der Waals surface area (Å²) >= 11 is 0. The van der Waals surface area contributed by atoms with Crippen molar-refractivity contribution in [3.05, 3.63) is 24.3 Å². The maximum atomic E-state index is 12.7. The Bertz CT molecular complexity index is 657. The second-order valence-corrected chi connectivity index (χ2v) is 5.54. The number of anilines is 1. The molecule has 0 spiro atoms. The first kappa shape index (κ1) is 11.9. The number of hydrogen-bond acceptors (Lipinski definition) is 3. The van der Waals surface area contributed by atoms with Gasteiger partial charge in [-0.2, -0.15) is 0 Å². The van der Waals surface area contributed by atoms with Crippen molar-refractivity contribution in [2.75, 3.05) is 18.0 Å². The summed E-state index contributed by atoms with van der Waals surface area (Å²) in [5.41, 5.74) is 2.09. The molecule has 2 aliphatic rings. The Morgan fingerprint density at radius 3 is 3.00 bits per heavy atom. The predicted octanol–water partition coefficient (Wildman–Crippen LogP) is 1.52. The topological polar surface area (TPSA) is 50.2 Å². The Morgan fingerprint density at radius 2 is 2.15 bits per heavy atom. The quantitative estimate of drug-likeness (QED) is 0.855. The second-order valence-electron chi connectivity index (χ2n) is 5.54. The van der Waals surface area contributed by atoms with Crippen molar-refractivity contribution in [3.63, 3.8) is 0 Å². The van der Waals surface area contributed by atoms with Gasteiger partial charge in [0, 0.05) is 13.1 Å². The SMILES string of the molecule is O=C(C1CCCCN1)N1CCn2c1nc1ccccc12. The molecular formula is C15H18N4O. The van der Waals surface area contributed by atoms with Gasteiger partial charge in [-0.3, -0.25) is 9.69 Å². The van der Waals surface area contributed by atoms with E-state index in [4.69, 9.17) is 0 Å². The molecule has 2 aromatic rings. The summed E-state index contributed by atoms with van der Waals surface area (Å²) in [6, 6.07) is 8.04. The summed E-state index contributed by atoms with van der Waals surface area (Å²) in [6.07, 6.45) is 3.24. The van der Waals surface area contributed by atoms with Crippen LogP contribution in [0.2, 0.25) is 0 Å². The lowest BCUT2D eigenvalue weighted by Crippen LogP contribution is -2.48. The van der Waals surface area contributed by atoms with Gasteiger partial charge in [-0.1, -0.05) is 18.6 Å². The Hall–Kier alpha value is -1.88. The molecule has 5 nitrogen and oxygen atoms in total. The van der Waals surface area contributed by atoms with E-state index < -0.39 is 0 Å². The van der Waals surface area contributed by atoms with Crippen LogP contribution in [0.25, 0.3) is 11.0 Å². The highest BCUT2D eigenvalue weighted by molar-refractivity contribution is 5.98. The number of imidazole rings is 1. The third kappa shape index (κ3) is 1.73. The molecule has 0 aliphatic carbocycles. The molecule has 3 heterocycles. The minimum atomic E-state index is -0.0323. The molecule has 1 fully saturated rings. The second kappa shape index (κ2) is 4.59. The number of amides is 1. The molecule has 1 N–H and O–H groups in total. The number of carbonyl (C=O) groups excluding carboxylic acids is 1. The van der Waals surface area contributed by atoms with Gasteiger partial charge in [0.2, 0.25) is 11.9 Å². The molecule has 1 aromatic carbocycles. The van der Waals surface area contributed by atoms with Gasteiger partial charge in [-0.05, 0) is 31.5 Å². The molecule has 0 bridgehead atoms. The predicted molar refractivity (Wildman–Crippen MR) is 77.7 cm³/mol. The van der Waals surface area contributed by atoms with Gasteiger partial charge in [0.05, 0.1) is 17.1 Å². The molecule has 4 rings (SSSR count). The number of hydrogen-bond donors (Lipinski definition) is 1. The van der Waals surface area contributed by atoms with E-state index >= 15 is 0 Å². The van der Waals surface area contributed by atoms with Crippen LogP contribution >= 0.6 is 0 Å². The highest BCUT2D eigenvalue weighted by Crippen LogP contribution is 2.28. The highest BCUT2D eigenvalue weighted by atomic mass is 16.2. The fraction of sp³-hybridized carbons (Fsp3) is 0.467. The highest BCUT2D eigenvalue weighted by Gasteiger charge is 2.33. The monoisotopic (exact) mass is 270 g/mol. The van der Waals surface area contributed by atoms with Crippen molar-refractivity contribution in [1.29, 1.82) is 0 Å². The number of aromatic nitrogens is 2. The number of fused-ring (bicyclic) bond motifs is 3. The maximum Gasteiger partial charge on any atom is 0.246 e. The fourth-order valence-electron chi connectivity index (χ4n) is 3.25. The Balaban J connectivity index is 1.68. The van der Waals surface area contributed by atoms with Crippen LogP contribution in [-0.4, -0.2) is 34.6 Å². The zero-order valence-corrected chi connectivity index (χ0v) is 11.4. The minimum absolute atomic E-state index is 0.0323. The lowest BCUT2D eigenvalue weighted by Gasteiger charge is -2.26. The molecular weight excluding hydrogens is 252 g/mol. The van der Waals surface area contributed by atoms with Crippen LogP contribution in [-0.2, 0) is 11.3 Å². The number of benzene rings is 1. The van der Waals surface area contributed by atoms with Crippen molar-refractivity contribution >= 4 is 22.9 Å². The number of nitrogens with one attached hydrogen (secondary N) is 1. The Morgan fingerprint density at radius 1 is 1.25 bits per heavy atom. The van der Waals surface area contributed by atoms with Gasteiger partial charge >= 0.3 is 0 Å². The molecule has 104 valence electrons. The van der Waals surface area contributed by atoms with Gasteiger partial charge in [0.1, 0.15) is 0 Å². The van der Waals surface area contributed by atoms with Crippen LogP contribution in [0.1, 0.15) is 19.3 Å². The average Bonchev–Trinajstić information content (AvgIpc) is 3.06. The van der Waals surface area contributed by atoms with E-state index in [1.165, 1.54) is 6.42 Å². The van der Waals surface area contributed by atoms with E-state index in [0.29, 0.717) is 0 Å². The standard InChI is InChI=1S/C15H18N4O/c20-14(12-6-3-4-8-16-12)19-10-9-18-13-7-2-1-5-11(13)17-15(18)19/h1-2,5,7,12,16H,3-4,6,8-10H2. The molecule has 20 heavy (non-hydrogen) atoms. The van der Waals surface area contributed by atoms with Gasteiger partial charge in [0.15, 0.2) is 0 Å². The number of nitrogens with zero attached hydrogens (tertiary/aromatic N) is 3. The van der Waals surface area contributed by atoms with Crippen molar-refractivity contribution in [2.24, 2.45) is 0 Å². The van der Waals surface area contributed by atoms with Crippen LogP contribution < -0.4 is 10.2 Å². The fourth-order valence-corrected chi connectivity index (χ4v) is 3.25. The van der Waals surface area contributed by atoms with Crippen LogP contribution in [0.3, 0.4) is 0 Å². The first-order chi connectivity index (χ1) is 9.84. The third-order valence-corrected chi connectivity index (χ3v) is 4.30. The van der Waals surface area contributed by atoms with E-state index in [9.17, 15) is 4.79 Å². The van der Waals surface area contributed by atoms with Crippen LogP contribution in [0.5, 0.6) is 0 Å². The summed E-state index contributed by atoms with van der Waals surface area (Å²) in [5.74, 6) is 0.988. The smallest absolute Gasteiger partial charge is 0.246 e. The molecule has 1 atom stereocenters. The van der Waals surface area contributed by atoms with Crippen LogP contribution in [0.15, 0.2) is 24.3 Å². The third-order valence-electron chi connectivity index (χ3n) is 4.30. The van der Waals surface area contributed by atoms with Gasteiger partial charge < -0.3 is 9.88 Å². The number of para-hydroxylation sites is 2. The molecule has 0 radical (unpaired) electrons. The average molecular weight is 270 g/mol. The van der Waals surface area contributed by atoms with E-state index in [0.717, 1.165) is 49.5 Å². The van der Waals surface area contributed by atoms with Crippen LogP contribution in [0.4, 0.5) is 5.95 Å². The van der Waals surface area contributed by atoms with Gasteiger partial charge in [-0.15, -0.1) is 0 Å². The molecule has 0 saturated carbocycles. The van der Waals surface area contributed by atoms with E-state index in [1.807, 2.05) is 23.1 Å². The van der Waals surface area contributed by atoms with Gasteiger partial charge in [-0.25, -0.2) is 4.98 Å². The lowest BCUT2D eigenvalue weighted by molar-refractivity contribution is -0.121. The Kier molecular flexibility index (Phi) is 2.73. The van der Waals surface area contributed by atoms with Crippen molar-refractivity contribution in [2.45, 2.75) is 31.8 Å². The first-order valence-corrected chi connectivity index (χ1v) is 7.34. The lowest BCUT2D eigenvalue weighted by atomic mass is 10.0. The van der Waals surface area contributed by atoms with Crippen LogP contribution in [0, 0.1) is 0 Å². The zero-order chi connectivity index (χ0) is 13.5. The normalized spacial score (nSPS) is 22.2. The maximum absolute atomic E-state index is 12.7. The summed E-state index contributed by atoms with van der Waals surface area (Å²) < 4.78 is 2.15. The first-order valence-electron chi connectivity index (χ1n) is 7.34. The molecule has 1 amide bonds. The molecule has 1 aromatic heterocycles. The Labute approximate surface area is 117 Å². The largest absolute Gasteiger partial charge is 0.308 e. The summed E-state index contributed by atoms with van der Waals surface area (Å²) in [6.45, 7) is 2.53.